The van der Waals surface area contributed by atoms with Crippen molar-refractivity contribution >= 4 is 17.5 Å². The van der Waals surface area contributed by atoms with Crippen LogP contribution in [-0.2, 0) is 14.3 Å². The van der Waals surface area contributed by atoms with Crippen LogP contribution in [0.2, 0.25) is 0 Å². The Kier molecular flexibility index (Phi) is 5.78. The van der Waals surface area contributed by atoms with Gasteiger partial charge in [-0.25, -0.2) is 0 Å². The van der Waals surface area contributed by atoms with Gasteiger partial charge in [-0.15, -0.1) is 0 Å². The van der Waals surface area contributed by atoms with Crippen LogP contribution in [0.5, 0.6) is 0 Å². The number of aliphatic hydroxyl groups is 1. The van der Waals surface area contributed by atoms with E-state index in [9.17, 15) is 9.90 Å². The molecule has 5 nitrogen and oxygen atoms in total. The Bertz CT molecular complexity index is 780. The standard InChI is InChI=1S/C27H43NO4S/c1-25-15-20(28-8-12-33-13-9-28)21(29)14-17(25)4-5-18-19-6-7-23(27(3)31-10-11-32-27)26(19,2)16-22(30)24(18)25/h17-21,23-24,29H,4-16H2,1-3H3/t17-,18-,19-,20-,21-,23-,24+,25-,26-/m0/s1. The molecule has 1 N–H and O–H groups in total. The number of hydrogen-bond donors (Lipinski definition) is 1. The molecule has 0 amide bonds. The molecule has 6 rings (SSSR count). The van der Waals surface area contributed by atoms with Gasteiger partial charge in [-0.2, -0.15) is 11.8 Å². The minimum Gasteiger partial charge on any atom is -0.391 e. The fourth-order valence-corrected chi connectivity index (χ4v) is 10.9. The van der Waals surface area contributed by atoms with E-state index in [1.165, 1.54) is 24.3 Å². The molecule has 0 radical (unpaired) electrons. The van der Waals surface area contributed by atoms with E-state index in [0.29, 0.717) is 49.1 Å². The average molecular weight is 478 g/mol. The summed E-state index contributed by atoms with van der Waals surface area (Å²) in [4.78, 5) is 16.7. The largest absolute Gasteiger partial charge is 0.391 e. The van der Waals surface area contributed by atoms with Crippen molar-refractivity contribution in [3.05, 3.63) is 0 Å². The first kappa shape index (κ1) is 23.3. The van der Waals surface area contributed by atoms with Crippen LogP contribution in [0.4, 0.5) is 0 Å². The lowest BCUT2D eigenvalue weighted by molar-refractivity contribution is -0.217. The molecule has 0 aromatic carbocycles. The zero-order valence-electron chi connectivity index (χ0n) is 20.8. The molecule has 2 saturated heterocycles. The average Bonchev–Trinajstić information content (AvgIpc) is 3.37. The fourth-order valence-electron chi connectivity index (χ4n) is 9.97. The lowest BCUT2D eigenvalue weighted by atomic mass is 9.43. The Hall–Kier alpha value is -0.140. The van der Waals surface area contributed by atoms with Crippen LogP contribution in [0.15, 0.2) is 0 Å². The predicted octanol–water partition coefficient (Wildman–Crippen LogP) is 3.98. The summed E-state index contributed by atoms with van der Waals surface area (Å²) in [5.41, 5.74) is 0.0103. The molecule has 186 valence electrons. The summed E-state index contributed by atoms with van der Waals surface area (Å²) in [5.74, 6) is 4.34. The van der Waals surface area contributed by atoms with Gasteiger partial charge in [-0.1, -0.05) is 13.8 Å². The van der Waals surface area contributed by atoms with E-state index in [2.05, 4.69) is 25.7 Å². The van der Waals surface area contributed by atoms with Crippen molar-refractivity contribution in [2.45, 2.75) is 83.6 Å². The summed E-state index contributed by atoms with van der Waals surface area (Å²) in [5, 5.41) is 11.2. The van der Waals surface area contributed by atoms with Gasteiger partial charge in [-0.3, -0.25) is 9.69 Å². The van der Waals surface area contributed by atoms with Gasteiger partial charge < -0.3 is 14.6 Å². The fraction of sp³-hybridized carbons (Fsp3) is 0.963. The van der Waals surface area contributed by atoms with Crippen LogP contribution in [0, 0.1) is 40.4 Å². The molecule has 6 heteroatoms. The van der Waals surface area contributed by atoms with Crippen LogP contribution in [-0.4, -0.2) is 71.5 Å². The van der Waals surface area contributed by atoms with E-state index in [1.54, 1.807) is 0 Å². The summed E-state index contributed by atoms with van der Waals surface area (Å²) in [6.45, 7) is 10.4. The number of Topliss-reactive ketones (excluding diaryl/α,β-unsaturated/α-hetero) is 1. The number of carbonyl (C=O) groups is 1. The van der Waals surface area contributed by atoms with E-state index in [-0.39, 0.29) is 28.9 Å². The predicted molar refractivity (Wildman–Crippen MR) is 130 cm³/mol. The van der Waals surface area contributed by atoms with E-state index in [0.717, 1.165) is 38.8 Å². The maximum Gasteiger partial charge on any atom is 0.169 e. The molecule has 2 heterocycles. The zero-order chi connectivity index (χ0) is 23.0. The lowest BCUT2D eigenvalue weighted by Crippen LogP contribution is -2.63. The first-order valence-electron chi connectivity index (χ1n) is 13.6. The third-order valence-electron chi connectivity index (χ3n) is 11.4. The number of thioether (sulfide) groups is 1. The Morgan fingerprint density at radius 2 is 1.73 bits per heavy atom. The second-order valence-corrected chi connectivity index (χ2v) is 14.0. The second-order valence-electron chi connectivity index (χ2n) is 12.7. The van der Waals surface area contributed by atoms with Crippen molar-refractivity contribution in [1.82, 2.24) is 4.90 Å². The summed E-state index contributed by atoms with van der Waals surface area (Å²) >= 11 is 2.03. The first-order valence-corrected chi connectivity index (χ1v) is 14.7. The minimum atomic E-state index is -0.524. The van der Waals surface area contributed by atoms with E-state index in [1.807, 2.05) is 11.8 Å². The van der Waals surface area contributed by atoms with Crippen LogP contribution >= 0.6 is 11.8 Å². The second kappa shape index (κ2) is 8.19. The van der Waals surface area contributed by atoms with E-state index in [4.69, 9.17) is 9.47 Å². The van der Waals surface area contributed by atoms with Gasteiger partial charge in [0.2, 0.25) is 0 Å². The van der Waals surface area contributed by atoms with Gasteiger partial charge in [0.15, 0.2) is 5.79 Å². The lowest BCUT2D eigenvalue weighted by Gasteiger charge is -2.62. The molecular weight excluding hydrogens is 434 g/mol. The molecule has 0 spiro atoms. The Balaban J connectivity index is 1.29. The minimum absolute atomic E-state index is 0.0157. The van der Waals surface area contributed by atoms with Crippen molar-refractivity contribution in [3.8, 4) is 0 Å². The van der Waals surface area contributed by atoms with Crippen LogP contribution in [0.1, 0.15) is 65.7 Å². The molecule has 0 unspecified atom stereocenters. The van der Waals surface area contributed by atoms with Crippen molar-refractivity contribution in [2.75, 3.05) is 37.8 Å². The van der Waals surface area contributed by atoms with Crippen LogP contribution in [0.3, 0.4) is 0 Å². The van der Waals surface area contributed by atoms with Gasteiger partial charge in [0.1, 0.15) is 5.78 Å². The Morgan fingerprint density at radius 3 is 2.45 bits per heavy atom. The van der Waals surface area contributed by atoms with E-state index < -0.39 is 5.79 Å². The molecule has 4 saturated carbocycles. The Labute approximate surface area is 203 Å². The molecule has 9 atom stereocenters. The number of ketones is 1. The molecule has 6 aliphatic rings. The van der Waals surface area contributed by atoms with E-state index >= 15 is 0 Å². The monoisotopic (exact) mass is 477 g/mol. The number of ether oxygens (including phenoxy) is 2. The highest BCUT2D eigenvalue weighted by atomic mass is 32.2. The quantitative estimate of drug-likeness (QED) is 0.649. The van der Waals surface area contributed by atoms with Crippen molar-refractivity contribution in [2.24, 2.45) is 40.4 Å². The smallest absolute Gasteiger partial charge is 0.169 e. The van der Waals surface area contributed by atoms with Crippen molar-refractivity contribution in [1.29, 1.82) is 0 Å². The van der Waals surface area contributed by atoms with Gasteiger partial charge in [-0.05, 0) is 74.0 Å². The number of hydrogen-bond acceptors (Lipinski definition) is 6. The van der Waals surface area contributed by atoms with Crippen molar-refractivity contribution in [3.63, 3.8) is 0 Å². The highest BCUT2D eigenvalue weighted by Crippen LogP contribution is 2.68. The highest BCUT2D eigenvalue weighted by Gasteiger charge is 2.67. The molecule has 6 fully saturated rings. The number of rotatable bonds is 2. The summed E-state index contributed by atoms with van der Waals surface area (Å²) in [6.07, 6.45) is 6.96. The molecule has 0 aromatic heterocycles. The summed E-state index contributed by atoms with van der Waals surface area (Å²) < 4.78 is 12.3. The highest BCUT2D eigenvalue weighted by molar-refractivity contribution is 7.99. The first-order chi connectivity index (χ1) is 15.8. The maximum absolute atomic E-state index is 14.1. The van der Waals surface area contributed by atoms with Crippen LogP contribution < -0.4 is 0 Å². The number of aliphatic hydroxyl groups excluding tert-OH is 1. The zero-order valence-corrected chi connectivity index (χ0v) is 21.6. The summed E-state index contributed by atoms with van der Waals surface area (Å²) in [7, 11) is 0. The normalized spacial score (nSPS) is 52.2. The molecule has 0 bridgehead atoms. The molecule has 2 aliphatic heterocycles. The molecule has 33 heavy (non-hydrogen) atoms. The molecular formula is C27H43NO4S. The van der Waals surface area contributed by atoms with Gasteiger partial charge in [0.25, 0.3) is 0 Å². The number of nitrogens with zero attached hydrogens (tertiary/aromatic N) is 1. The third kappa shape index (κ3) is 3.44. The number of carbonyl (C=O) groups excluding carboxylic acids is 1. The van der Waals surface area contributed by atoms with Crippen LogP contribution in [0.25, 0.3) is 0 Å². The SMILES string of the molecule is CC1([C@H]2CC[C@H]3[C@@H]4CC[C@H]5C[C@H](O)[C@@H](N6CCSCC6)C[C@]5(C)[C@H]4C(=O)C[C@]23C)OCCO1. The molecule has 0 aromatic rings. The number of fused-ring (bicyclic) bond motifs is 5. The maximum atomic E-state index is 14.1. The van der Waals surface area contributed by atoms with Gasteiger partial charge in [0.05, 0.1) is 19.3 Å². The van der Waals surface area contributed by atoms with Gasteiger partial charge >= 0.3 is 0 Å². The third-order valence-corrected chi connectivity index (χ3v) is 12.3. The van der Waals surface area contributed by atoms with Gasteiger partial charge in [0, 0.05) is 48.9 Å². The topological polar surface area (TPSA) is 59.0 Å². The Morgan fingerprint density at radius 1 is 1.00 bits per heavy atom. The summed E-state index contributed by atoms with van der Waals surface area (Å²) in [6, 6.07) is 0.225. The van der Waals surface area contributed by atoms with Crippen molar-refractivity contribution < 1.29 is 19.4 Å². The molecule has 4 aliphatic carbocycles.